The van der Waals surface area contributed by atoms with Gasteiger partial charge in [-0.1, -0.05) is 6.92 Å². The number of nitrogens with one attached hydrogen (secondary N) is 2. The number of urea groups is 1. The first kappa shape index (κ1) is 16.2. The number of nitrogens with zero attached hydrogens (tertiary/aromatic N) is 1. The van der Waals surface area contributed by atoms with Gasteiger partial charge in [-0.3, -0.25) is 0 Å². The number of halogens is 3. The van der Waals surface area contributed by atoms with Crippen LogP contribution in [0.15, 0.2) is 18.3 Å². The fourth-order valence-corrected chi connectivity index (χ4v) is 1.40. The van der Waals surface area contributed by atoms with Crippen molar-refractivity contribution in [3.05, 3.63) is 24.0 Å². The van der Waals surface area contributed by atoms with Gasteiger partial charge in [-0.05, 0) is 24.5 Å². The van der Waals surface area contributed by atoms with Gasteiger partial charge in [0.05, 0.1) is 11.9 Å². The normalized spacial score (nSPS) is 12.8. The molecule has 8 heteroatoms. The highest BCUT2D eigenvalue weighted by Crippen LogP contribution is 2.27. The summed E-state index contributed by atoms with van der Waals surface area (Å²) >= 11 is 0. The Hall–Kier alpha value is -1.83. The second-order valence-corrected chi connectivity index (χ2v) is 4.38. The van der Waals surface area contributed by atoms with Crippen LogP contribution in [0, 0.1) is 5.92 Å². The molecule has 20 heavy (non-hydrogen) atoms. The van der Waals surface area contributed by atoms with E-state index in [1.807, 2.05) is 6.92 Å². The lowest BCUT2D eigenvalue weighted by atomic mass is 10.1. The number of pyridine rings is 1. The van der Waals surface area contributed by atoms with Crippen LogP contribution in [0.5, 0.6) is 0 Å². The molecule has 0 radical (unpaired) electrons. The summed E-state index contributed by atoms with van der Waals surface area (Å²) in [5.41, 5.74) is -0.842. The largest absolute Gasteiger partial charge is 0.433 e. The van der Waals surface area contributed by atoms with Gasteiger partial charge in [0, 0.05) is 13.2 Å². The predicted octanol–water partition coefficient (Wildman–Crippen LogP) is 2.24. The van der Waals surface area contributed by atoms with Crippen LogP contribution in [0.25, 0.3) is 0 Å². The van der Waals surface area contributed by atoms with E-state index in [-0.39, 0.29) is 18.2 Å². The summed E-state index contributed by atoms with van der Waals surface area (Å²) in [6, 6.07) is 1.40. The van der Waals surface area contributed by atoms with Crippen molar-refractivity contribution in [2.75, 3.05) is 18.5 Å². The van der Waals surface area contributed by atoms with Crippen LogP contribution in [0.2, 0.25) is 0 Å². The lowest BCUT2D eigenvalue weighted by Crippen LogP contribution is -2.32. The number of anilines is 1. The molecule has 0 aromatic carbocycles. The fraction of sp³-hybridized carbons (Fsp3) is 0.500. The van der Waals surface area contributed by atoms with E-state index in [2.05, 4.69) is 15.6 Å². The molecule has 0 saturated heterocycles. The summed E-state index contributed by atoms with van der Waals surface area (Å²) in [6.45, 7) is 2.25. The molecule has 0 bridgehead atoms. The molecule has 1 aromatic rings. The molecule has 0 spiro atoms. The highest BCUT2D eigenvalue weighted by molar-refractivity contribution is 5.88. The van der Waals surface area contributed by atoms with Crippen molar-refractivity contribution in [3.63, 3.8) is 0 Å². The number of aliphatic hydroxyl groups is 1. The number of amides is 2. The molecule has 1 aromatic heterocycles. The maximum absolute atomic E-state index is 12.3. The lowest BCUT2D eigenvalue weighted by Gasteiger charge is -2.12. The van der Waals surface area contributed by atoms with Gasteiger partial charge in [0.25, 0.3) is 0 Å². The molecule has 0 saturated carbocycles. The van der Waals surface area contributed by atoms with Crippen LogP contribution in [0.4, 0.5) is 23.7 Å². The minimum Gasteiger partial charge on any atom is -0.396 e. The van der Waals surface area contributed by atoms with E-state index in [4.69, 9.17) is 5.11 Å². The molecule has 1 unspecified atom stereocenters. The van der Waals surface area contributed by atoms with Crippen molar-refractivity contribution < 1.29 is 23.1 Å². The first-order valence-electron chi connectivity index (χ1n) is 6.02. The maximum atomic E-state index is 12.3. The number of hydrogen-bond donors (Lipinski definition) is 3. The summed E-state index contributed by atoms with van der Waals surface area (Å²) in [5.74, 6) is 0.108. The summed E-state index contributed by atoms with van der Waals surface area (Å²) in [5, 5.41) is 13.6. The first-order chi connectivity index (χ1) is 9.32. The minimum absolute atomic E-state index is 0.0350. The molecule has 112 valence electrons. The number of aromatic nitrogens is 1. The Bertz CT molecular complexity index is 435. The molecule has 0 aliphatic rings. The number of carbonyl (C=O) groups excluding carboxylic acids is 1. The standard InChI is InChI=1S/C12H16F3N3O2/c1-8(4-5-19)6-17-11(20)18-9-2-3-10(16-7-9)12(13,14)15/h2-3,7-8,19H,4-6H2,1H3,(H2,17,18,20). The molecular weight excluding hydrogens is 275 g/mol. The van der Waals surface area contributed by atoms with Crippen molar-refractivity contribution in [1.82, 2.24) is 10.3 Å². The molecule has 2 amide bonds. The van der Waals surface area contributed by atoms with E-state index in [1.54, 1.807) is 0 Å². The Balaban J connectivity index is 2.46. The third-order valence-corrected chi connectivity index (χ3v) is 2.54. The predicted molar refractivity (Wildman–Crippen MR) is 67.1 cm³/mol. The molecule has 1 atom stereocenters. The van der Waals surface area contributed by atoms with E-state index < -0.39 is 17.9 Å². The zero-order chi connectivity index (χ0) is 15.2. The summed E-state index contributed by atoms with van der Waals surface area (Å²) in [4.78, 5) is 14.7. The van der Waals surface area contributed by atoms with Crippen molar-refractivity contribution in [2.24, 2.45) is 5.92 Å². The van der Waals surface area contributed by atoms with Crippen molar-refractivity contribution in [1.29, 1.82) is 0 Å². The van der Waals surface area contributed by atoms with Crippen LogP contribution in [0.3, 0.4) is 0 Å². The number of rotatable bonds is 5. The Morgan fingerprint density at radius 1 is 1.45 bits per heavy atom. The van der Waals surface area contributed by atoms with Gasteiger partial charge >= 0.3 is 12.2 Å². The van der Waals surface area contributed by atoms with E-state index in [0.29, 0.717) is 13.0 Å². The first-order valence-corrected chi connectivity index (χ1v) is 6.02. The molecule has 0 aliphatic carbocycles. The fourth-order valence-electron chi connectivity index (χ4n) is 1.40. The average Bonchev–Trinajstić information content (AvgIpc) is 2.36. The summed E-state index contributed by atoms with van der Waals surface area (Å²) < 4.78 is 36.8. The van der Waals surface area contributed by atoms with Gasteiger partial charge in [-0.15, -0.1) is 0 Å². The van der Waals surface area contributed by atoms with E-state index >= 15 is 0 Å². The van der Waals surface area contributed by atoms with E-state index in [9.17, 15) is 18.0 Å². The quantitative estimate of drug-likeness (QED) is 0.779. The maximum Gasteiger partial charge on any atom is 0.433 e. The van der Waals surface area contributed by atoms with Gasteiger partial charge in [0.15, 0.2) is 0 Å². The molecular formula is C12H16F3N3O2. The van der Waals surface area contributed by atoms with Crippen molar-refractivity contribution in [3.8, 4) is 0 Å². The Labute approximate surface area is 114 Å². The summed E-state index contributed by atoms with van der Waals surface area (Å²) in [6.07, 6.45) is -3.00. The SMILES string of the molecule is CC(CCO)CNC(=O)Nc1ccc(C(F)(F)F)nc1. The zero-order valence-corrected chi connectivity index (χ0v) is 10.9. The van der Waals surface area contributed by atoms with Crippen molar-refractivity contribution in [2.45, 2.75) is 19.5 Å². The molecule has 1 rings (SSSR count). The molecule has 0 fully saturated rings. The van der Waals surface area contributed by atoms with Crippen LogP contribution < -0.4 is 10.6 Å². The second kappa shape index (κ2) is 7.09. The summed E-state index contributed by atoms with van der Waals surface area (Å²) in [7, 11) is 0. The van der Waals surface area contributed by atoms with Crippen molar-refractivity contribution >= 4 is 11.7 Å². The Morgan fingerprint density at radius 2 is 2.15 bits per heavy atom. The molecule has 1 heterocycles. The van der Waals surface area contributed by atoms with Gasteiger partial charge < -0.3 is 15.7 Å². The van der Waals surface area contributed by atoms with Crippen LogP contribution in [-0.2, 0) is 6.18 Å². The van der Waals surface area contributed by atoms with Gasteiger partial charge in [0.1, 0.15) is 5.69 Å². The zero-order valence-electron chi connectivity index (χ0n) is 10.9. The lowest BCUT2D eigenvalue weighted by molar-refractivity contribution is -0.141. The topological polar surface area (TPSA) is 74.2 Å². The molecule has 5 nitrogen and oxygen atoms in total. The Kier molecular flexibility index (Phi) is 5.75. The van der Waals surface area contributed by atoms with Gasteiger partial charge in [-0.25, -0.2) is 9.78 Å². The molecule has 0 aliphatic heterocycles. The molecule has 3 N–H and O–H groups in total. The Morgan fingerprint density at radius 3 is 2.65 bits per heavy atom. The third-order valence-electron chi connectivity index (χ3n) is 2.54. The van der Waals surface area contributed by atoms with Gasteiger partial charge in [0.2, 0.25) is 0 Å². The number of carbonyl (C=O) groups is 1. The van der Waals surface area contributed by atoms with Crippen LogP contribution >= 0.6 is 0 Å². The highest BCUT2D eigenvalue weighted by Gasteiger charge is 2.32. The minimum atomic E-state index is -4.50. The van der Waals surface area contributed by atoms with E-state index in [0.717, 1.165) is 18.3 Å². The number of aliphatic hydroxyl groups excluding tert-OH is 1. The van der Waals surface area contributed by atoms with Crippen LogP contribution in [-0.4, -0.2) is 29.3 Å². The second-order valence-electron chi connectivity index (χ2n) is 4.38. The average molecular weight is 291 g/mol. The monoisotopic (exact) mass is 291 g/mol. The van der Waals surface area contributed by atoms with Gasteiger partial charge in [-0.2, -0.15) is 13.2 Å². The highest BCUT2D eigenvalue weighted by atomic mass is 19.4. The smallest absolute Gasteiger partial charge is 0.396 e. The van der Waals surface area contributed by atoms with E-state index in [1.165, 1.54) is 0 Å². The third kappa shape index (κ3) is 5.43. The number of hydrogen-bond acceptors (Lipinski definition) is 3. The van der Waals surface area contributed by atoms with Crippen LogP contribution in [0.1, 0.15) is 19.0 Å². The number of alkyl halides is 3.